The molecule has 4 atom stereocenters. The monoisotopic (exact) mass is 364 g/mol. The second-order valence-electron chi connectivity index (χ2n) is 6.19. The summed E-state index contributed by atoms with van der Waals surface area (Å²) in [5, 5.41) is 10.8. The van der Waals surface area contributed by atoms with E-state index in [2.05, 4.69) is 4.74 Å². The first-order valence-electron chi connectivity index (χ1n) is 7.92. The molecule has 0 aliphatic heterocycles. The fourth-order valence-corrected chi connectivity index (χ4v) is 3.37. The van der Waals surface area contributed by atoms with Gasteiger partial charge in [0.1, 0.15) is 11.4 Å². The number of Topliss-reactive ketones (excluding diaryl/α,β-unsaturated/α-hetero) is 2. The normalized spacial score (nSPS) is 28.7. The van der Waals surface area contributed by atoms with Crippen LogP contribution in [0.25, 0.3) is 0 Å². The number of methoxy groups -OCH3 is 1. The molecule has 0 spiro atoms. The minimum absolute atomic E-state index is 0.0745. The van der Waals surface area contributed by atoms with Crippen molar-refractivity contribution in [2.45, 2.75) is 32.5 Å². The Balaban J connectivity index is 2.45. The van der Waals surface area contributed by atoms with E-state index in [9.17, 15) is 24.3 Å². The summed E-state index contributed by atoms with van der Waals surface area (Å²) >= 11 is 0. The van der Waals surface area contributed by atoms with Crippen LogP contribution in [0.3, 0.4) is 0 Å². The minimum atomic E-state index is -2.00. The molecule has 0 aromatic carbocycles. The molecule has 1 aromatic heterocycles. The second kappa shape index (κ2) is 7.25. The second-order valence-corrected chi connectivity index (χ2v) is 6.19. The fourth-order valence-electron chi connectivity index (χ4n) is 3.37. The number of carbonyl (C=O) groups is 4. The molecular weight excluding hydrogens is 344 g/mol. The molecule has 2 rings (SSSR count). The van der Waals surface area contributed by atoms with Crippen molar-refractivity contribution in [3.05, 3.63) is 35.8 Å². The Morgan fingerprint density at radius 3 is 2.46 bits per heavy atom. The SMILES string of the molecule is C/C=C(/C(=O)OC)[C@H]1C(=O)[C@H](OC(=O)c2ccco2)[C@](C)(O)[C@H]1C(C)=O. The number of hydrogen-bond acceptors (Lipinski definition) is 8. The van der Waals surface area contributed by atoms with Gasteiger partial charge in [-0.3, -0.25) is 9.59 Å². The van der Waals surface area contributed by atoms with E-state index in [-0.39, 0.29) is 11.3 Å². The first-order valence-corrected chi connectivity index (χ1v) is 7.92. The number of rotatable bonds is 5. The maximum absolute atomic E-state index is 12.9. The Hall–Kier alpha value is -2.74. The fraction of sp³-hybridized carbons (Fsp3) is 0.444. The van der Waals surface area contributed by atoms with Crippen molar-refractivity contribution in [1.29, 1.82) is 0 Å². The number of allylic oxidation sites excluding steroid dienone is 1. The highest BCUT2D eigenvalue weighted by Crippen LogP contribution is 2.44. The molecule has 1 saturated carbocycles. The third-order valence-electron chi connectivity index (χ3n) is 4.51. The van der Waals surface area contributed by atoms with Crippen molar-refractivity contribution in [1.82, 2.24) is 0 Å². The zero-order valence-corrected chi connectivity index (χ0v) is 14.8. The van der Waals surface area contributed by atoms with Gasteiger partial charge >= 0.3 is 11.9 Å². The molecule has 0 amide bonds. The van der Waals surface area contributed by atoms with Crippen molar-refractivity contribution >= 4 is 23.5 Å². The number of hydrogen-bond donors (Lipinski definition) is 1. The van der Waals surface area contributed by atoms with Crippen molar-refractivity contribution < 1.29 is 38.2 Å². The van der Waals surface area contributed by atoms with Crippen LogP contribution in [0.1, 0.15) is 31.3 Å². The largest absolute Gasteiger partial charge is 0.466 e. The Bertz CT molecular complexity index is 756. The smallest absolute Gasteiger partial charge is 0.375 e. The number of carbonyl (C=O) groups excluding carboxylic acids is 4. The number of ketones is 2. The van der Waals surface area contributed by atoms with Crippen LogP contribution in [0.2, 0.25) is 0 Å². The Labute approximate surface area is 149 Å². The minimum Gasteiger partial charge on any atom is -0.466 e. The molecule has 1 fully saturated rings. The van der Waals surface area contributed by atoms with Crippen LogP contribution in [0.15, 0.2) is 34.5 Å². The first kappa shape index (κ1) is 19.6. The molecule has 1 aliphatic carbocycles. The van der Waals surface area contributed by atoms with E-state index in [1.165, 1.54) is 45.2 Å². The molecule has 0 bridgehead atoms. The Kier molecular flexibility index (Phi) is 5.46. The maximum Gasteiger partial charge on any atom is 0.375 e. The van der Waals surface area contributed by atoms with Gasteiger partial charge in [-0.15, -0.1) is 0 Å². The van der Waals surface area contributed by atoms with Gasteiger partial charge < -0.3 is 19.0 Å². The van der Waals surface area contributed by atoms with Crippen LogP contribution in [0, 0.1) is 11.8 Å². The van der Waals surface area contributed by atoms with E-state index < -0.39 is 47.0 Å². The number of ether oxygens (including phenoxy) is 2. The summed E-state index contributed by atoms with van der Waals surface area (Å²) in [7, 11) is 1.14. The zero-order valence-electron chi connectivity index (χ0n) is 14.8. The van der Waals surface area contributed by atoms with E-state index >= 15 is 0 Å². The first-order chi connectivity index (χ1) is 12.2. The molecule has 26 heavy (non-hydrogen) atoms. The van der Waals surface area contributed by atoms with Gasteiger partial charge in [0.25, 0.3) is 0 Å². The van der Waals surface area contributed by atoms with Gasteiger partial charge in [0, 0.05) is 5.57 Å². The average Bonchev–Trinajstić information content (AvgIpc) is 3.17. The average molecular weight is 364 g/mol. The molecule has 0 radical (unpaired) electrons. The third-order valence-corrected chi connectivity index (χ3v) is 4.51. The van der Waals surface area contributed by atoms with Crippen molar-refractivity contribution in [3.8, 4) is 0 Å². The van der Waals surface area contributed by atoms with Crippen LogP contribution in [-0.4, -0.2) is 47.4 Å². The van der Waals surface area contributed by atoms with Gasteiger partial charge in [-0.05, 0) is 32.9 Å². The number of furan rings is 1. The van der Waals surface area contributed by atoms with Crippen molar-refractivity contribution in [2.75, 3.05) is 7.11 Å². The van der Waals surface area contributed by atoms with E-state index in [1.807, 2.05) is 0 Å². The molecular formula is C18H20O8. The molecule has 1 aliphatic rings. The summed E-state index contributed by atoms with van der Waals surface area (Å²) in [5.41, 5.74) is -2.08. The van der Waals surface area contributed by atoms with Crippen LogP contribution >= 0.6 is 0 Å². The molecule has 8 nitrogen and oxygen atoms in total. The summed E-state index contributed by atoms with van der Waals surface area (Å²) in [6, 6.07) is 2.80. The van der Waals surface area contributed by atoms with E-state index in [0.717, 1.165) is 7.11 Å². The lowest BCUT2D eigenvalue weighted by atomic mass is 9.80. The van der Waals surface area contributed by atoms with Crippen molar-refractivity contribution in [2.24, 2.45) is 11.8 Å². The van der Waals surface area contributed by atoms with Crippen LogP contribution in [-0.2, 0) is 23.9 Å². The highest BCUT2D eigenvalue weighted by Gasteiger charge is 2.62. The van der Waals surface area contributed by atoms with Crippen molar-refractivity contribution in [3.63, 3.8) is 0 Å². The Morgan fingerprint density at radius 1 is 1.35 bits per heavy atom. The highest BCUT2D eigenvalue weighted by molar-refractivity contribution is 6.06. The lowest BCUT2D eigenvalue weighted by Gasteiger charge is -2.29. The zero-order chi connectivity index (χ0) is 19.6. The lowest BCUT2D eigenvalue weighted by Crippen LogP contribution is -2.46. The molecule has 140 valence electrons. The summed E-state index contributed by atoms with van der Waals surface area (Å²) in [4.78, 5) is 49.2. The lowest BCUT2D eigenvalue weighted by molar-refractivity contribution is -0.139. The Morgan fingerprint density at radius 2 is 2.00 bits per heavy atom. The summed E-state index contributed by atoms with van der Waals surface area (Å²) < 4.78 is 14.7. The summed E-state index contributed by atoms with van der Waals surface area (Å²) in [6.07, 6.45) is 0.956. The van der Waals surface area contributed by atoms with Gasteiger partial charge in [0.05, 0.1) is 25.2 Å². The number of esters is 2. The summed E-state index contributed by atoms with van der Waals surface area (Å²) in [5.74, 6) is -5.75. The van der Waals surface area contributed by atoms with E-state index in [1.54, 1.807) is 0 Å². The van der Waals surface area contributed by atoms with E-state index in [4.69, 9.17) is 9.15 Å². The molecule has 1 N–H and O–H groups in total. The molecule has 8 heteroatoms. The van der Waals surface area contributed by atoms with E-state index in [0.29, 0.717) is 0 Å². The third kappa shape index (κ3) is 3.20. The predicted octanol–water partition coefficient (Wildman–Crippen LogP) is 1.08. The van der Waals surface area contributed by atoms with Gasteiger partial charge in [-0.2, -0.15) is 0 Å². The summed E-state index contributed by atoms with van der Waals surface area (Å²) in [6.45, 7) is 3.93. The molecule has 1 aromatic rings. The standard InChI is InChI=1S/C18H20O8/c1-5-10(16(21)24-4)12-13(9(2)19)18(3,23)15(14(12)20)26-17(22)11-7-6-8-25-11/h5-8,12-13,15,23H,1-4H3/b10-5+/t12-,13+,15+,18-/m1/s1. The van der Waals surface area contributed by atoms with Gasteiger partial charge in [-0.25, -0.2) is 9.59 Å². The quantitative estimate of drug-likeness (QED) is 0.609. The van der Waals surface area contributed by atoms with Crippen LogP contribution in [0.4, 0.5) is 0 Å². The molecule has 1 heterocycles. The maximum atomic E-state index is 12.9. The predicted molar refractivity (Wildman–Crippen MR) is 87.0 cm³/mol. The highest BCUT2D eigenvalue weighted by atomic mass is 16.6. The number of aliphatic hydroxyl groups is 1. The molecule has 0 unspecified atom stereocenters. The van der Waals surface area contributed by atoms with Gasteiger partial charge in [0.2, 0.25) is 5.76 Å². The van der Waals surface area contributed by atoms with Gasteiger partial charge in [-0.1, -0.05) is 6.08 Å². The van der Waals surface area contributed by atoms with Crippen LogP contribution < -0.4 is 0 Å². The van der Waals surface area contributed by atoms with Crippen LogP contribution in [0.5, 0.6) is 0 Å². The topological polar surface area (TPSA) is 120 Å². The molecule has 0 saturated heterocycles. The van der Waals surface area contributed by atoms with Gasteiger partial charge in [0.15, 0.2) is 11.9 Å².